The Hall–Kier alpha value is -1.68. The molecule has 1 heterocycles. The fourth-order valence-corrected chi connectivity index (χ4v) is 3.60. The molecule has 0 radical (unpaired) electrons. The van der Waals surface area contributed by atoms with Crippen molar-refractivity contribution in [3.05, 3.63) is 16.2 Å². The molecule has 0 aliphatic carbocycles. The van der Waals surface area contributed by atoms with Crippen molar-refractivity contribution in [3.8, 4) is 0 Å². The van der Waals surface area contributed by atoms with Crippen LogP contribution in [0.5, 0.6) is 0 Å². The van der Waals surface area contributed by atoms with Crippen LogP contribution in [0.25, 0.3) is 0 Å². The summed E-state index contributed by atoms with van der Waals surface area (Å²) in [6.45, 7) is 1.90. The first-order valence-corrected chi connectivity index (χ1v) is 8.85. The standard InChI is InChI=1S/C11H16N2O6S2/c1-3-4-5-7(11(14)15)12-10-8(13(16)17)6-9(20-10)21(2,18)19/h6-7,12H,3-5H2,1-2H3,(H,14,15). The van der Waals surface area contributed by atoms with E-state index in [1.807, 2.05) is 6.92 Å². The lowest BCUT2D eigenvalue weighted by Crippen LogP contribution is -2.28. The van der Waals surface area contributed by atoms with E-state index in [0.717, 1.165) is 18.7 Å². The molecule has 0 aliphatic heterocycles. The maximum atomic E-state index is 11.5. The third-order valence-electron chi connectivity index (χ3n) is 2.70. The molecule has 0 amide bonds. The van der Waals surface area contributed by atoms with Crippen molar-refractivity contribution in [1.29, 1.82) is 0 Å². The number of carboxylic acids is 1. The van der Waals surface area contributed by atoms with Gasteiger partial charge in [-0.05, 0) is 6.42 Å². The average molecular weight is 336 g/mol. The molecule has 2 N–H and O–H groups in total. The van der Waals surface area contributed by atoms with E-state index in [1.54, 1.807) is 0 Å². The molecule has 1 rings (SSSR count). The number of nitrogens with one attached hydrogen (secondary N) is 1. The zero-order chi connectivity index (χ0) is 16.2. The van der Waals surface area contributed by atoms with Crippen molar-refractivity contribution >= 4 is 37.8 Å². The Balaban J connectivity index is 3.13. The van der Waals surface area contributed by atoms with Gasteiger partial charge in [0.2, 0.25) is 0 Å². The van der Waals surface area contributed by atoms with E-state index in [1.165, 1.54) is 0 Å². The first-order chi connectivity index (χ1) is 9.66. The Labute approximate surface area is 125 Å². The Kier molecular flexibility index (Phi) is 5.67. The number of hydrogen-bond acceptors (Lipinski definition) is 7. The molecule has 0 aliphatic rings. The van der Waals surface area contributed by atoms with E-state index in [-0.39, 0.29) is 9.21 Å². The minimum absolute atomic E-state index is 0.0519. The lowest BCUT2D eigenvalue weighted by atomic mass is 10.1. The third-order valence-corrected chi connectivity index (χ3v) is 5.56. The van der Waals surface area contributed by atoms with Gasteiger partial charge in [-0.25, -0.2) is 13.2 Å². The van der Waals surface area contributed by atoms with E-state index in [4.69, 9.17) is 5.11 Å². The molecule has 1 atom stereocenters. The van der Waals surface area contributed by atoms with Crippen LogP contribution in [-0.2, 0) is 14.6 Å². The number of anilines is 1. The van der Waals surface area contributed by atoms with Crippen molar-refractivity contribution in [1.82, 2.24) is 0 Å². The van der Waals surface area contributed by atoms with Crippen LogP contribution in [0.15, 0.2) is 10.3 Å². The lowest BCUT2D eigenvalue weighted by molar-refractivity contribution is -0.383. The van der Waals surface area contributed by atoms with Crippen LogP contribution >= 0.6 is 11.3 Å². The molecule has 10 heteroatoms. The fourth-order valence-electron chi connectivity index (χ4n) is 1.61. The molecule has 0 spiro atoms. The number of nitro groups is 1. The van der Waals surface area contributed by atoms with Crippen molar-refractivity contribution < 1.29 is 23.2 Å². The summed E-state index contributed by atoms with van der Waals surface area (Å²) in [5.74, 6) is -1.13. The topological polar surface area (TPSA) is 127 Å². The second-order valence-corrected chi connectivity index (χ2v) is 7.78. The largest absolute Gasteiger partial charge is 0.480 e. The second-order valence-electron chi connectivity index (χ2n) is 4.49. The molecule has 0 fully saturated rings. The summed E-state index contributed by atoms with van der Waals surface area (Å²) in [6.07, 6.45) is 2.67. The summed E-state index contributed by atoms with van der Waals surface area (Å²) < 4.78 is 22.7. The van der Waals surface area contributed by atoms with Gasteiger partial charge in [0, 0.05) is 12.3 Å². The maximum absolute atomic E-state index is 11.5. The van der Waals surface area contributed by atoms with Crippen molar-refractivity contribution in [2.24, 2.45) is 0 Å². The minimum Gasteiger partial charge on any atom is -0.480 e. The minimum atomic E-state index is -3.58. The highest BCUT2D eigenvalue weighted by Crippen LogP contribution is 2.37. The van der Waals surface area contributed by atoms with Gasteiger partial charge in [0.25, 0.3) is 0 Å². The van der Waals surface area contributed by atoms with Crippen molar-refractivity contribution in [3.63, 3.8) is 0 Å². The molecule has 0 aromatic carbocycles. The van der Waals surface area contributed by atoms with E-state index in [2.05, 4.69) is 5.32 Å². The molecule has 0 saturated carbocycles. The smallest absolute Gasteiger partial charge is 0.326 e. The summed E-state index contributed by atoms with van der Waals surface area (Å²) in [4.78, 5) is 21.4. The first kappa shape index (κ1) is 17.4. The molecular formula is C11H16N2O6S2. The van der Waals surface area contributed by atoms with Crippen LogP contribution in [-0.4, -0.2) is 36.7 Å². The monoisotopic (exact) mass is 336 g/mol. The normalized spacial score (nSPS) is 12.9. The molecule has 1 aromatic rings. The summed E-state index contributed by atoms with van der Waals surface area (Å²) in [5.41, 5.74) is -0.428. The Bertz CT molecular complexity index is 637. The molecule has 1 unspecified atom stereocenters. The Morgan fingerprint density at radius 1 is 1.57 bits per heavy atom. The number of thiophene rings is 1. The van der Waals surface area contributed by atoms with E-state index in [0.29, 0.717) is 24.2 Å². The summed E-state index contributed by atoms with van der Waals surface area (Å²) >= 11 is 0.670. The van der Waals surface area contributed by atoms with Gasteiger partial charge in [0.15, 0.2) is 14.8 Å². The summed E-state index contributed by atoms with van der Waals surface area (Å²) in [7, 11) is -3.58. The highest BCUT2D eigenvalue weighted by Gasteiger charge is 2.27. The number of unbranched alkanes of at least 4 members (excludes halogenated alkanes) is 1. The summed E-state index contributed by atoms with van der Waals surface area (Å²) in [6, 6.07) is -0.0455. The zero-order valence-corrected chi connectivity index (χ0v) is 13.2. The number of sulfone groups is 1. The van der Waals surface area contributed by atoms with Gasteiger partial charge >= 0.3 is 11.7 Å². The number of hydrogen-bond donors (Lipinski definition) is 2. The van der Waals surface area contributed by atoms with E-state index >= 15 is 0 Å². The SMILES string of the molecule is CCCCC(Nc1sc(S(C)(=O)=O)cc1[N+](=O)[O-])C(=O)O. The van der Waals surface area contributed by atoms with Gasteiger partial charge in [0.05, 0.1) is 4.92 Å². The number of carboxylic acid groups (broad SMARTS) is 1. The molecule has 0 bridgehead atoms. The fraction of sp³-hybridized carbons (Fsp3) is 0.545. The molecule has 21 heavy (non-hydrogen) atoms. The number of carbonyl (C=O) groups is 1. The van der Waals surface area contributed by atoms with Crippen molar-refractivity contribution in [2.45, 2.75) is 36.4 Å². The van der Waals surface area contributed by atoms with Crippen LogP contribution in [0, 0.1) is 10.1 Å². The van der Waals surface area contributed by atoms with Crippen LogP contribution in [0.1, 0.15) is 26.2 Å². The van der Waals surface area contributed by atoms with E-state index < -0.39 is 32.5 Å². The van der Waals surface area contributed by atoms with Crippen LogP contribution in [0.3, 0.4) is 0 Å². The van der Waals surface area contributed by atoms with Crippen LogP contribution in [0.2, 0.25) is 0 Å². The number of nitrogens with zero attached hydrogens (tertiary/aromatic N) is 1. The highest BCUT2D eigenvalue weighted by atomic mass is 32.2. The van der Waals surface area contributed by atoms with Crippen molar-refractivity contribution in [2.75, 3.05) is 11.6 Å². The summed E-state index contributed by atoms with van der Waals surface area (Å²) in [5, 5.41) is 22.6. The predicted octanol–water partition coefficient (Wildman–Crippen LogP) is 2.12. The van der Waals surface area contributed by atoms with E-state index in [9.17, 15) is 23.3 Å². The van der Waals surface area contributed by atoms with Gasteiger partial charge in [-0.2, -0.15) is 0 Å². The Morgan fingerprint density at radius 3 is 2.62 bits per heavy atom. The highest BCUT2D eigenvalue weighted by molar-refractivity contribution is 7.92. The van der Waals surface area contributed by atoms with Crippen LogP contribution in [0.4, 0.5) is 10.7 Å². The molecule has 0 saturated heterocycles. The van der Waals surface area contributed by atoms with Crippen LogP contribution < -0.4 is 5.32 Å². The number of aliphatic carboxylic acids is 1. The second kappa shape index (κ2) is 6.85. The number of rotatable bonds is 8. The van der Waals surface area contributed by atoms with Gasteiger partial charge in [0.1, 0.15) is 10.3 Å². The first-order valence-electron chi connectivity index (χ1n) is 6.14. The van der Waals surface area contributed by atoms with Gasteiger partial charge in [-0.3, -0.25) is 10.1 Å². The third kappa shape index (κ3) is 4.67. The quantitative estimate of drug-likeness (QED) is 0.550. The molecular weight excluding hydrogens is 320 g/mol. The molecule has 118 valence electrons. The lowest BCUT2D eigenvalue weighted by Gasteiger charge is -2.13. The molecule has 8 nitrogen and oxygen atoms in total. The predicted molar refractivity (Wildman–Crippen MR) is 78.7 cm³/mol. The maximum Gasteiger partial charge on any atom is 0.326 e. The van der Waals surface area contributed by atoms with Gasteiger partial charge in [-0.1, -0.05) is 31.1 Å². The average Bonchev–Trinajstić information content (AvgIpc) is 2.77. The zero-order valence-electron chi connectivity index (χ0n) is 11.5. The Morgan fingerprint density at radius 2 is 2.19 bits per heavy atom. The van der Waals surface area contributed by atoms with Gasteiger partial charge < -0.3 is 10.4 Å². The molecule has 1 aromatic heterocycles. The van der Waals surface area contributed by atoms with Gasteiger partial charge in [-0.15, -0.1) is 0 Å².